The minimum atomic E-state index is -0.423. The quantitative estimate of drug-likeness (QED) is 0.806. The summed E-state index contributed by atoms with van der Waals surface area (Å²) in [6.45, 7) is 0.347. The van der Waals surface area contributed by atoms with Gasteiger partial charge in [-0.05, 0) is 30.3 Å². The fourth-order valence-electron chi connectivity index (χ4n) is 2.91. The van der Waals surface area contributed by atoms with Crippen molar-refractivity contribution in [2.24, 2.45) is 5.92 Å². The number of carbonyl (C=O) groups is 2. The standard InChI is InChI=1S/C19H19BrN2O4/c1-25-15-6-7-16(17(10-15)26-2)21-19(24)12-8-18(23)22(11-12)14-5-3-4-13(20)9-14/h3-7,9-10,12H,8,11H2,1-2H3,(H,21,24)/t12-/m0/s1. The van der Waals surface area contributed by atoms with E-state index in [2.05, 4.69) is 21.2 Å². The third-order valence-electron chi connectivity index (χ3n) is 4.28. The summed E-state index contributed by atoms with van der Waals surface area (Å²) < 4.78 is 11.3. The lowest BCUT2D eigenvalue weighted by Crippen LogP contribution is -2.28. The highest BCUT2D eigenvalue weighted by Crippen LogP contribution is 2.31. The minimum absolute atomic E-state index is 0.0649. The number of halogens is 1. The average molecular weight is 419 g/mol. The van der Waals surface area contributed by atoms with Gasteiger partial charge in [-0.15, -0.1) is 0 Å². The maximum absolute atomic E-state index is 12.6. The number of nitrogens with zero attached hydrogens (tertiary/aromatic N) is 1. The normalized spacial score (nSPS) is 16.5. The largest absolute Gasteiger partial charge is 0.497 e. The molecule has 2 aromatic rings. The predicted octanol–water partition coefficient (Wildman–Crippen LogP) is 3.46. The zero-order valence-corrected chi connectivity index (χ0v) is 16.1. The van der Waals surface area contributed by atoms with Crippen LogP contribution < -0.4 is 19.7 Å². The van der Waals surface area contributed by atoms with Crippen LogP contribution in [0.15, 0.2) is 46.9 Å². The van der Waals surface area contributed by atoms with Crippen LogP contribution in [0.2, 0.25) is 0 Å². The van der Waals surface area contributed by atoms with Crippen LogP contribution in [-0.4, -0.2) is 32.6 Å². The molecule has 0 aromatic heterocycles. The second-order valence-electron chi connectivity index (χ2n) is 5.94. The lowest BCUT2D eigenvalue weighted by Gasteiger charge is -2.17. The van der Waals surface area contributed by atoms with Crippen LogP contribution in [0.5, 0.6) is 11.5 Å². The molecule has 3 rings (SSSR count). The van der Waals surface area contributed by atoms with Gasteiger partial charge in [-0.2, -0.15) is 0 Å². The van der Waals surface area contributed by atoms with E-state index in [0.29, 0.717) is 23.7 Å². The van der Waals surface area contributed by atoms with E-state index in [4.69, 9.17) is 9.47 Å². The van der Waals surface area contributed by atoms with Gasteiger partial charge in [0.1, 0.15) is 11.5 Å². The van der Waals surface area contributed by atoms with Gasteiger partial charge in [0.15, 0.2) is 0 Å². The fourth-order valence-corrected chi connectivity index (χ4v) is 3.30. The first-order chi connectivity index (χ1) is 12.5. The summed E-state index contributed by atoms with van der Waals surface area (Å²) in [6, 6.07) is 12.6. The number of anilines is 2. The number of benzene rings is 2. The first-order valence-corrected chi connectivity index (χ1v) is 8.90. The van der Waals surface area contributed by atoms with Gasteiger partial charge in [0, 0.05) is 29.2 Å². The Balaban J connectivity index is 1.72. The second kappa shape index (κ2) is 7.78. The highest BCUT2D eigenvalue weighted by atomic mass is 79.9. The van der Waals surface area contributed by atoms with Crippen molar-refractivity contribution in [3.8, 4) is 11.5 Å². The lowest BCUT2D eigenvalue weighted by molar-refractivity contribution is -0.122. The van der Waals surface area contributed by atoms with Crippen LogP contribution >= 0.6 is 15.9 Å². The molecule has 136 valence electrons. The number of rotatable bonds is 5. The van der Waals surface area contributed by atoms with Crippen LogP contribution in [-0.2, 0) is 9.59 Å². The Bertz CT molecular complexity index is 840. The first-order valence-electron chi connectivity index (χ1n) is 8.10. The van der Waals surface area contributed by atoms with Crippen LogP contribution in [0.1, 0.15) is 6.42 Å². The van der Waals surface area contributed by atoms with Crippen molar-refractivity contribution in [1.82, 2.24) is 0 Å². The van der Waals surface area contributed by atoms with Gasteiger partial charge in [0.2, 0.25) is 11.8 Å². The van der Waals surface area contributed by atoms with Gasteiger partial charge < -0.3 is 19.7 Å². The average Bonchev–Trinajstić information content (AvgIpc) is 3.04. The van der Waals surface area contributed by atoms with Crippen molar-refractivity contribution in [1.29, 1.82) is 0 Å². The number of hydrogen-bond donors (Lipinski definition) is 1. The molecule has 2 aromatic carbocycles. The summed E-state index contributed by atoms with van der Waals surface area (Å²) in [5.74, 6) is 0.445. The summed E-state index contributed by atoms with van der Waals surface area (Å²) >= 11 is 3.40. The number of nitrogens with one attached hydrogen (secondary N) is 1. The SMILES string of the molecule is COc1ccc(NC(=O)[C@H]2CC(=O)N(c3cccc(Br)c3)C2)c(OC)c1. The molecular weight excluding hydrogens is 400 g/mol. The Labute approximate surface area is 160 Å². The molecule has 0 bridgehead atoms. The molecule has 0 saturated carbocycles. The Hall–Kier alpha value is -2.54. The van der Waals surface area contributed by atoms with E-state index in [0.717, 1.165) is 10.2 Å². The van der Waals surface area contributed by atoms with E-state index in [-0.39, 0.29) is 18.2 Å². The molecule has 1 saturated heterocycles. The Morgan fingerprint density at radius 1 is 1.19 bits per heavy atom. The summed E-state index contributed by atoms with van der Waals surface area (Å²) in [4.78, 5) is 26.6. The molecule has 1 aliphatic rings. The van der Waals surface area contributed by atoms with Crippen molar-refractivity contribution in [3.05, 3.63) is 46.9 Å². The van der Waals surface area contributed by atoms with Gasteiger partial charge in [-0.25, -0.2) is 0 Å². The molecule has 2 amide bonds. The smallest absolute Gasteiger partial charge is 0.229 e. The summed E-state index contributed by atoms with van der Waals surface area (Å²) in [7, 11) is 3.09. The molecule has 1 aliphatic heterocycles. The van der Waals surface area contributed by atoms with Crippen LogP contribution in [0, 0.1) is 5.92 Å². The molecule has 1 fully saturated rings. The number of ether oxygens (including phenoxy) is 2. The molecule has 6 nitrogen and oxygen atoms in total. The third kappa shape index (κ3) is 3.83. The topological polar surface area (TPSA) is 67.9 Å². The molecule has 1 atom stereocenters. The zero-order chi connectivity index (χ0) is 18.7. The predicted molar refractivity (Wildman–Crippen MR) is 103 cm³/mol. The molecule has 26 heavy (non-hydrogen) atoms. The monoisotopic (exact) mass is 418 g/mol. The minimum Gasteiger partial charge on any atom is -0.497 e. The molecule has 0 unspecified atom stereocenters. The van der Waals surface area contributed by atoms with Gasteiger partial charge in [-0.1, -0.05) is 22.0 Å². The number of hydrogen-bond acceptors (Lipinski definition) is 4. The van der Waals surface area contributed by atoms with Crippen molar-refractivity contribution in [3.63, 3.8) is 0 Å². The maximum Gasteiger partial charge on any atom is 0.229 e. The summed E-state index contributed by atoms with van der Waals surface area (Å²) in [6.07, 6.45) is 0.177. The van der Waals surface area contributed by atoms with Crippen LogP contribution in [0.3, 0.4) is 0 Å². The van der Waals surface area contributed by atoms with Crippen molar-refractivity contribution >= 4 is 39.1 Å². The maximum atomic E-state index is 12.6. The number of carbonyl (C=O) groups excluding carboxylic acids is 2. The van der Waals surface area contributed by atoms with Gasteiger partial charge in [-0.3, -0.25) is 9.59 Å². The van der Waals surface area contributed by atoms with Crippen LogP contribution in [0.4, 0.5) is 11.4 Å². The van der Waals surface area contributed by atoms with Crippen LogP contribution in [0.25, 0.3) is 0 Å². The highest BCUT2D eigenvalue weighted by Gasteiger charge is 2.35. The van der Waals surface area contributed by atoms with Crippen molar-refractivity contribution < 1.29 is 19.1 Å². The Morgan fingerprint density at radius 2 is 2.00 bits per heavy atom. The molecule has 0 radical (unpaired) electrons. The number of methoxy groups -OCH3 is 2. The fraction of sp³-hybridized carbons (Fsp3) is 0.263. The molecule has 1 N–H and O–H groups in total. The van der Waals surface area contributed by atoms with E-state index in [1.165, 1.54) is 7.11 Å². The number of amides is 2. The Kier molecular flexibility index (Phi) is 5.46. The molecular formula is C19H19BrN2O4. The highest BCUT2D eigenvalue weighted by molar-refractivity contribution is 9.10. The second-order valence-corrected chi connectivity index (χ2v) is 6.86. The molecule has 7 heteroatoms. The van der Waals surface area contributed by atoms with Crippen molar-refractivity contribution in [2.75, 3.05) is 31.0 Å². The molecule has 0 aliphatic carbocycles. The molecule has 0 spiro atoms. The summed E-state index contributed by atoms with van der Waals surface area (Å²) in [5, 5.41) is 2.85. The van der Waals surface area contributed by atoms with Gasteiger partial charge in [0.25, 0.3) is 0 Å². The van der Waals surface area contributed by atoms with E-state index >= 15 is 0 Å². The first kappa shape index (κ1) is 18.3. The Morgan fingerprint density at radius 3 is 2.69 bits per heavy atom. The van der Waals surface area contributed by atoms with E-state index in [9.17, 15) is 9.59 Å². The third-order valence-corrected chi connectivity index (χ3v) is 4.78. The van der Waals surface area contributed by atoms with Crippen molar-refractivity contribution in [2.45, 2.75) is 6.42 Å². The zero-order valence-electron chi connectivity index (χ0n) is 14.5. The lowest BCUT2D eigenvalue weighted by atomic mass is 10.1. The van der Waals surface area contributed by atoms with E-state index in [1.54, 1.807) is 30.2 Å². The van der Waals surface area contributed by atoms with E-state index in [1.807, 2.05) is 24.3 Å². The van der Waals surface area contributed by atoms with Gasteiger partial charge in [0.05, 0.1) is 25.8 Å². The van der Waals surface area contributed by atoms with Gasteiger partial charge >= 0.3 is 0 Å². The molecule has 1 heterocycles. The van der Waals surface area contributed by atoms with E-state index < -0.39 is 5.92 Å². The summed E-state index contributed by atoms with van der Waals surface area (Å²) in [5.41, 5.74) is 1.33.